The number of pyridine rings is 1. The Kier molecular flexibility index (Phi) is 4.59. The van der Waals surface area contributed by atoms with Gasteiger partial charge in [-0.15, -0.1) is 0 Å². The summed E-state index contributed by atoms with van der Waals surface area (Å²) < 4.78 is 20.3. The van der Waals surface area contributed by atoms with Crippen molar-refractivity contribution in [3.63, 3.8) is 0 Å². The Hall–Kier alpha value is -2.67. The number of halogens is 2. The van der Waals surface area contributed by atoms with Crippen LogP contribution < -0.4 is 5.56 Å². The van der Waals surface area contributed by atoms with Crippen molar-refractivity contribution in [1.29, 1.82) is 0 Å². The zero-order chi connectivity index (χ0) is 18.1. The maximum Gasteiger partial charge on any atom is 0.343 e. The van der Waals surface area contributed by atoms with E-state index in [0.717, 1.165) is 4.57 Å². The van der Waals surface area contributed by atoms with E-state index in [9.17, 15) is 19.1 Å². The lowest BCUT2D eigenvalue weighted by Gasteiger charge is -2.15. The molecule has 25 heavy (non-hydrogen) atoms. The summed E-state index contributed by atoms with van der Waals surface area (Å²) in [5.41, 5.74) is -0.454. The predicted molar refractivity (Wildman–Crippen MR) is 94.4 cm³/mol. The van der Waals surface area contributed by atoms with Crippen LogP contribution in [0.4, 0.5) is 4.39 Å². The minimum Gasteiger partial charge on any atom is -0.494 e. The highest BCUT2D eigenvalue weighted by atomic mass is 79.9. The number of benzene rings is 2. The predicted octanol–water partition coefficient (Wildman–Crippen LogP) is 3.44. The van der Waals surface area contributed by atoms with E-state index in [-0.39, 0.29) is 28.4 Å². The number of hydrogen-bond donors (Lipinski definition) is 1. The third-order valence-electron chi connectivity index (χ3n) is 3.88. The second-order valence-electron chi connectivity index (χ2n) is 5.36. The van der Waals surface area contributed by atoms with Gasteiger partial charge < -0.3 is 9.84 Å². The molecule has 0 unspecified atom stereocenters. The van der Waals surface area contributed by atoms with Crippen molar-refractivity contribution in [2.45, 2.75) is 6.54 Å². The topological polar surface area (TPSA) is 68.5 Å². The monoisotopic (exact) mass is 405 g/mol. The van der Waals surface area contributed by atoms with E-state index < -0.39 is 23.2 Å². The van der Waals surface area contributed by atoms with E-state index in [2.05, 4.69) is 15.9 Å². The van der Waals surface area contributed by atoms with Crippen LogP contribution in [-0.4, -0.2) is 22.8 Å². The van der Waals surface area contributed by atoms with Gasteiger partial charge in [0.25, 0.3) is 5.56 Å². The first-order valence-electron chi connectivity index (χ1n) is 7.30. The molecule has 0 aliphatic heterocycles. The number of esters is 1. The lowest BCUT2D eigenvalue weighted by atomic mass is 10.1. The molecule has 0 saturated heterocycles. The van der Waals surface area contributed by atoms with E-state index in [1.165, 1.54) is 25.3 Å². The standard InChI is InChI=1S/C18H13BrFNO4/c1-25-18(24)15-12-4-2-3-5-13(12)16(22)21(17(15)23)9-10-6-7-11(19)8-14(10)20/h2-8,23H,9H2,1H3. The molecule has 2 aromatic carbocycles. The number of fused-ring (bicyclic) bond motifs is 1. The molecule has 3 aromatic rings. The van der Waals surface area contributed by atoms with Gasteiger partial charge in [-0.25, -0.2) is 9.18 Å². The Labute approximate surface area is 150 Å². The summed E-state index contributed by atoms with van der Waals surface area (Å²) in [4.78, 5) is 24.8. The summed E-state index contributed by atoms with van der Waals surface area (Å²) in [5, 5.41) is 11.0. The molecule has 0 bridgehead atoms. The fourth-order valence-electron chi connectivity index (χ4n) is 2.65. The SMILES string of the molecule is COC(=O)c1c(O)n(Cc2ccc(Br)cc2F)c(=O)c2ccccc12. The number of hydrogen-bond acceptors (Lipinski definition) is 4. The lowest BCUT2D eigenvalue weighted by Crippen LogP contribution is -2.24. The summed E-state index contributed by atoms with van der Waals surface area (Å²) in [7, 11) is 1.18. The summed E-state index contributed by atoms with van der Waals surface area (Å²) in [5.74, 6) is -1.87. The number of ether oxygens (including phenoxy) is 1. The summed E-state index contributed by atoms with van der Waals surface area (Å²) >= 11 is 3.16. The molecule has 7 heteroatoms. The van der Waals surface area contributed by atoms with E-state index in [0.29, 0.717) is 4.47 Å². The van der Waals surface area contributed by atoms with Gasteiger partial charge in [0, 0.05) is 20.8 Å². The van der Waals surface area contributed by atoms with Crippen LogP contribution in [0.3, 0.4) is 0 Å². The average molecular weight is 406 g/mol. The van der Waals surface area contributed by atoms with E-state index in [1.807, 2.05) is 0 Å². The molecular weight excluding hydrogens is 393 g/mol. The van der Waals surface area contributed by atoms with Crippen LogP contribution in [0.5, 0.6) is 5.88 Å². The lowest BCUT2D eigenvalue weighted by molar-refractivity contribution is 0.0598. The Bertz CT molecular complexity index is 1050. The highest BCUT2D eigenvalue weighted by Gasteiger charge is 2.22. The smallest absolute Gasteiger partial charge is 0.343 e. The molecule has 1 heterocycles. The molecule has 0 amide bonds. The Morgan fingerprint density at radius 3 is 2.56 bits per heavy atom. The fourth-order valence-corrected chi connectivity index (χ4v) is 2.99. The van der Waals surface area contributed by atoms with Crippen molar-refractivity contribution in [2.24, 2.45) is 0 Å². The van der Waals surface area contributed by atoms with Crippen LogP contribution in [-0.2, 0) is 11.3 Å². The molecule has 0 radical (unpaired) electrons. The summed E-state index contributed by atoms with van der Waals surface area (Å²) in [6, 6.07) is 10.8. The van der Waals surface area contributed by atoms with Gasteiger partial charge in [0.05, 0.1) is 13.7 Å². The van der Waals surface area contributed by atoms with Crippen molar-refractivity contribution >= 4 is 32.7 Å². The van der Waals surface area contributed by atoms with Crippen molar-refractivity contribution in [1.82, 2.24) is 4.57 Å². The molecule has 0 saturated carbocycles. The number of aromatic nitrogens is 1. The highest BCUT2D eigenvalue weighted by Crippen LogP contribution is 2.26. The maximum atomic E-state index is 14.1. The van der Waals surface area contributed by atoms with Gasteiger partial charge in [-0.3, -0.25) is 9.36 Å². The van der Waals surface area contributed by atoms with Crippen LogP contribution >= 0.6 is 15.9 Å². The van der Waals surface area contributed by atoms with Gasteiger partial charge in [0.15, 0.2) is 0 Å². The molecule has 1 N–H and O–H groups in total. The van der Waals surface area contributed by atoms with Crippen molar-refractivity contribution < 1.29 is 19.0 Å². The van der Waals surface area contributed by atoms with Crippen LogP contribution in [0.15, 0.2) is 51.7 Å². The van der Waals surface area contributed by atoms with Crippen molar-refractivity contribution in [2.75, 3.05) is 7.11 Å². The van der Waals surface area contributed by atoms with Gasteiger partial charge in [-0.05, 0) is 18.2 Å². The Balaban J connectivity index is 2.28. The van der Waals surface area contributed by atoms with Gasteiger partial charge in [0.1, 0.15) is 11.4 Å². The summed E-state index contributed by atoms with van der Waals surface area (Å²) in [6.45, 7) is -0.224. The average Bonchev–Trinajstić information content (AvgIpc) is 2.60. The highest BCUT2D eigenvalue weighted by molar-refractivity contribution is 9.10. The van der Waals surface area contributed by atoms with Crippen LogP contribution in [0.25, 0.3) is 10.8 Å². The molecule has 1 aromatic heterocycles. The first-order valence-corrected chi connectivity index (χ1v) is 8.10. The van der Waals surface area contributed by atoms with Crippen molar-refractivity contribution in [3.05, 3.63) is 74.2 Å². The van der Waals surface area contributed by atoms with Crippen LogP contribution in [0.2, 0.25) is 0 Å². The second kappa shape index (κ2) is 6.68. The zero-order valence-electron chi connectivity index (χ0n) is 13.1. The minimum absolute atomic E-state index is 0.129. The Morgan fingerprint density at radius 1 is 1.24 bits per heavy atom. The number of methoxy groups -OCH3 is 1. The second-order valence-corrected chi connectivity index (χ2v) is 6.28. The van der Waals surface area contributed by atoms with E-state index >= 15 is 0 Å². The van der Waals surface area contributed by atoms with E-state index in [1.54, 1.807) is 24.3 Å². The number of carbonyl (C=O) groups excluding carboxylic acids is 1. The molecule has 0 aliphatic carbocycles. The zero-order valence-corrected chi connectivity index (χ0v) is 14.7. The first kappa shape index (κ1) is 17.2. The molecule has 5 nitrogen and oxygen atoms in total. The third kappa shape index (κ3) is 3.02. The van der Waals surface area contributed by atoms with Gasteiger partial charge in [0.2, 0.25) is 5.88 Å². The summed E-state index contributed by atoms with van der Waals surface area (Å²) in [6.07, 6.45) is 0. The molecule has 0 spiro atoms. The normalized spacial score (nSPS) is 10.8. The fraction of sp³-hybridized carbons (Fsp3) is 0.111. The molecule has 128 valence electrons. The first-order chi connectivity index (χ1) is 11.9. The van der Waals surface area contributed by atoms with E-state index in [4.69, 9.17) is 4.74 Å². The number of carbonyl (C=O) groups is 1. The largest absolute Gasteiger partial charge is 0.494 e. The van der Waals surface area contributed by atoms with Crippen LogP contribution in [0.1, 0.15) is 15.9 Å². The number of rotatable bonds is 3. The number of aromatic hydroxyl groups is 1. The molecule has 0 aliphatic rings. The number of nitrogens with zero attached hydrogens (tertiary/aromatic N) is 1. The van der Waals surface area contributed by atoms with Gasteiger partial charge >= 0.3 is 5.97 Å². The molecule has 3 rings (SSSR count). The molecule has 0 fully saturated rings. The van der Waals surface area contributed by atoms with Crippen molar-refractivity contribution in [3.8, 4) is 5.88 Å². The van der Waals surface area contributed by atoms with Crippen LogP contribution in [0, 0.1) is 5.82 Å². The van der Waals surface area contributed by atoms with Gasteiger partial charge in [-0.2, -0.15) is 0 Å². The van der Waals surface area contributed by atoms with Gasteiger partial charge in [-0.1, -0.05) is 40.2 Å². The Morgan fingerprint density at radius 2 is 1.92 bits per heavy atom. The molecule has 0 atom stereocenters. The minimum atomic E-state index is -0.779. The maximum absolute atomic E-state index is 14.1. The third-order valence-corrected chi connectivity index (χ3v) is 4.38. The quantitative estimate of drug-likeness (QED) is 0.677. The molecular formula is C18H13BrFNO4.